The summed E-state index contributed by atoms with van der Waals surface area (Å²) in [5.41, 5.74) is 0.961. The van der Waals surface area contributed by atoms with Crippen molar-refractivity contribution in [3.05, 3.63) is 28.8 Å². The Hall–Kier alpha value is -1.26. The highest BCUT2D eigenvalue weighted by Crippen LogP contribution is 2.24. The number of amides is 1. The molecule has 0 atom stereocenters. The van der Waals surface area contributed by atoms with Gasteiger partial charge in [-0.2, -0.15) is 0 Å². The zero-order valence-electron chi connectivity index (χ0n) is 10.8. The van der Waals surface area contributed by atoms with E-state index in [1.54, 1.807) is 19.2 Å². The Morgan fingerprint density at radius 2 is 2.22 bits per heavy atom. The fraction of sp³-hybridized carbons (Fsp3) is 0.462. The van der Waals surface area contributed by atoms with Crippen molar-refractivity contribution < 1.29 is 9.53 Å². The predicted octanol–water partition coefficient (Wildman–Crippen LogP) is 1.96. The highest BCUT2D eigenvalue weighted by atomic mass is 35.5. The number of rotatable bonds is 7. The molecule has 0 heterocycles. The Balaban J connectivity index is 2.39. The van der Waals surface area contributed by atoms with Crippen molar-refractivity contribution in [1.82, 2.24) is 10.6 Å². The Morgan fingerprint density at radius 1 is 1.44 bits per heavy atom. The third kappa shape index (κ3) is 4.94. The standard InChI is InChI=1S/C13H19ClN2O2/c1-15-7-3-4-13(17)16-9-10-5-6-12(18-2)11(14)8-10/h5-6,8,15H,3-4,7,9H2,1-2H3,(H,16,17). The topological polar surface area (TPSA) is 50.4 Å². The molecule has 1 aromatic carbocycles. The number of ether oxygens (including phenoxy) is 1. The van der Waals surface area contributed by atoms with Crippen LogP contribution in [0, 0.1) is 0 Å². The lowest BCUT2D eigenvalue weighted by atomic mass is 10.2. The van der Waals surface area contributed by atoms with Crippen LogP contribution in [0.3, 0.4) is 0 Å². The van der Waals surface area contributed by atoms with Crippen molar-refractivity contribution in [2.75, 3.05) is 20.7 Å². The summed E-state index contributed by atoms with van der Waals surface area (Å²) < 4.78 is 5.06. The second-order valence-corrected chi connectivity index (χ2v) is 4.36. The van der Waals surface area contributed by atoms with Gasteiger partial charge < -0.3 is 15.4 Å². The molecule has 0 aliphatic heterocycles. The molecule has 100 valence electrons. The number of methoxy groups -OCH3 is 1. The highest BCUT2D eigenvalue weighted by molar-refractivity contribution is 6.32. The number of hydrogen-bond acceptors (Lipinski definition) is 3. The Morgan fingerprint density at radius 3 is 2.83 bits per heavy atom. The molecule has 0 saturated heterocycles. The lowest BCUT2D eigenvalue weighted by Crippen LogP contribution is -2.23. The van der Waals surface area contributed by atoms with Crippen molar-refractivity contribution >= 4 is 17.5 Å². The van der Waals surface area contributed by atoms with Gasteiger partial charge in [-0.05, 0) is 37.7 Å². The van der Waals surface area contributed by atoms with Crippen molar-refractivity contribution in [3.8, 4) is 5.75 Å². The van der Waals surface area contributed by atoms with Gasteiger partial charge in [-0.15, -0.1) is 0 Å². The second kappa shape index (κ2) is 7.95. The molecule has 1 amide bonds. The number of carbonyl (C=O) groups excluding carboxylic acids is 1. The molecule has 0 bridgehead atoms. The van der Waals surface area contributed by atoms with Crippen LogP contribution < -0.4 is 15.4 Å². The zero-order chi connectivity index (χ0) is 13.4. The maximum absolute atomic E-state index is 11.5. The molecule has 2 N–H and O–H groups in total. The van der Waals surface area contributed by atoms with Gasteiger partial charge in [-0.3, -0.25) is 4.79 Å². The van der Waals surface area contributed by atoms with E-state index in [1.165, 1.54) is 0 Å². The molecule has 0 aromatic heterocycles. The average molecular weight is 271 g/mol. The zero-order valence-corrected chi connectivity index (χ0v) is 11.5. The lowest BCUT2D eigenvalue weighted by molar-refractivity contribution is -0.121. The van der Waals surface area contributed by atoms with Crippen LogP contribution in [-0.4, -0.2) is 26.6 Å². The van der Waals surface area contributed by atoms with Gasteiger partial charge in [-0.1, -0.05) is 17.7 Å². The molecule has 0 aliphatic rings. The van der Waals surface area contributed by atoms with Gasteiger partial charge in [0.2, 0.25) is 5.91 Å². The first kappa shape index (κ1) is 14.8. The lowest BCUT2D eigenvalue weighted by Gasteiger charge is -2.08. The van der Waals surface area contributed by atoms with Gasteiger partial charge >= 0.3 is 0 Å². The molecule has 0 aliphatic carbocycles. The quantitative estimate of drug-likeness (QED) is 0.745. The summed E-state index contributed by atoms with van der Waals surface area (Å²) in [4.78, 5) is 11.5. The van der Waals surface area contributed by atoms with Crippen LogP contribution in [0.1, 0.15) is 18.4 Å². The number of benzene rings is 1. The van der Waals surface area contributed by atoms with Gasteiger partial charge in [-0.25, -0.2) is 0 Å². The summed E-state index contributed by atoms with van der Waals surface area (Å²) in [7, 11) is 3.45. The highest BCUT2D eigenvalue weighted by Gasteiger charge is 2.04. The fourth-order valence-electron chi connectivity index (χ4n) is 1.53. The monoisotopic (exact) mass is 270 g/mol. The third-order valence-corrected chi connectivity index (χ3v) is 2.83. The number of nitrogens with one attached hydrogen (secondary N) is 2. The summed E-state index contributed by atoms with van der Waals surface area (Å²) >= 11 is 6.00. The molecule has 0 saturated carbocycles. The van der Waals surface area contributed by atoms with Gasteiger partial charge in [0.15, 0.2) is 0 Å². The minimum absolute atomic E-state index is 0.0530. The SMILES string of the molecule is CNCCCC(=O)NCc1ccc(OC)c(Cl)c1. The Labute approximate surface area is 113 Å². The van der Waals surface area contributed by atoms with E-state index in [9.17, 15) is 4.79 Å². The van der Waals surface area contributed by atoms with Crippen molar-refractivity contribution in [1.29, 1.82) is 0 Å². The van der Waals surface area contributed by atoms with Crippen LogP contribution in [0.25, 0.3) is 0 Å². The third-order valence-electron chi connectivity index (χ3n) is 2.54. The van der Waals surface area contributed by atoms with E-state index in [1.807, 2.05) is 13.1 Å². The minimum atomic E-state index is 0.0530. The maximum Gasteiger partial charge on any atom is 0.220 e. The predicted molar refractivity (Wildman–Crippen MR) is 73.0 cm³/mol. The Kier molecular flexibility index (Phi) is 6.54. The molecular formula is C13H19ClN2O2. The fourth-order valence-corrected chi connectivity index (χ4v) is 1.81. The average Bonchev–Trinajstić information content (AvgIpc) is 2.37. The molecule has 0 radical (unpaired) electrons. The first-order valence-electron chi connectivity index (χ1n) is 5.91. The molecule has 0 spiro atoms. The molecule has 1 rings (SSSR count). The van der Waals surface area contributed by atoms with E-state index in [0.29, 0.717) is 23.7 Å². The van der Waals surface area contributed by atoms with Gasteiger partial charge in [0, 0.05) is 13.0 Å². The van der Waals surface area contributed by atoms with E-state index in [0.717, 1.165) is 18.5 Å². The number of halogens is 1. The van der Waals surface area contributed by atoms with E-state index >= 15 is 0 Å². The second-order valence-electron chi connectivity index (χ2n) is 3.95. The minimum Gasteiger partial charge on any atom is -0.495 e. The smallest absolute Gasteiger partial charge is 0.220 e. The van der Waals surface area contributed by atoms with Crippen molar-refractivity contribution in [2.24, 2.45) is 0 Å². The first-order valence-corrected chi connectivity index (χ1v) is 6.29. The summed E-state index contributed by atoms with van der Waals surface area (Å²) in [6.07, 6.45) is 1.37. The summed E-state index contributed by atoms with van der Waals surface area (Å²) in [6.45, 7) is 1.34. The van der Waals surface area contributed by atoms with Crippen LogP contribution in [0.4, 0.5) is 0 Å². The summed E-state index contributed by atoms with van der Waals surface area (Å²) in [6, 6.07) is 5.48. The van der Waals surface area contributed by atoms with E-state index in [4.69, 9.17) is 16.3 Å². The van der Waals surface area contributed by atoms with Crippen molar-refractivity contribution in [2.45, 2.75) is 19.4 Å². The van der Waals surface area contributed by atoms with E-state index in [-0.39, 0.29) is 5.91 Å². The normalized spacial score (nSPS) is 10.2. The maximum atomic E-state index is 11.5. The van der Waals surface area contributed by atoms with Crippen LogP contribution in [0.5, 0.6) is 5.75 Å². The molecular weight excluding hydrogens is 252 g/mol. The van der Waals surface area contributed by atoms with Crippen LogP contribution in [0.2, 0.25) is 5.02 Å². The molecule has 18 heavy (non-hydrogen) atoms. The van der Waals surface area contributed by atoms with E-state index < -0.39 is 0 Å². The van der Waals surface area contributed by atoms with Crippen LogP contribution in [0.15, 0.2) is 18.2 Å². The molecule has 4 nitrogen and oxygen atoms in total. The van der Waals surface area contributed by atoms with E-state index in [2.05, 4.69) is 10.6 Å². The van der Waals surface area contributed by atoms with Gasteiger partial charge in [0.25, 0.3) is 0 Å². The van der Waals surface area contributed by atoms with Crippen molar-refractivity contribution in [3.63, 3.8) is 0 Å². The van der Waals surface area contributed by atoms with Crippen LogP contribution in [-0.2, 0) is 11.3 Å². The molecule has 0 unspecified atom stereocenters. The number of carbonyl (C=O) groups is 1. The first-order chi connectivity index (χ1) is 8.67. The molecule has 0 fully saturated rings. The van der Waals surface area contributed by atoms with Gasteiger partial charge in [0.05, 0.1) is 12.1 Å². The van der Waals surface area contributed by atoms with Crippen LogP contribution >= 0.6 is 11.6 Å². The summed E-state index contributed by atoms with van der Waals surface area (Å²) in [5, 5.41) is 6.42. The summed E-state index contributed by atoms with van der Waals surface area (Å²) in [5.74, 6) is 0.693. The molecule has 1 aromatic rings. The largest absolute Gasteiger partial charge is 0.495 e. The van der Waals surface area contributed by atoms with Gasteiger partial charge in [0.1, 0.15) is 5.75 Å². The number of hydrogen-bond donors (Lipinski definition) is 2. The molecule has 5 heteroatoms. The Bertz CT molecular complexity index is 397.